The lowest BCUT2D eigenvalue weighted by Gasteiger charge is -2.16. The highest BCUT2D eigenvalue weighted by Gasteiger charge is 2.16. The van der Waals surface area contributed by atoms with Gasteiger partial charge in [-0.05, 0) is 40.6 Å². The molecule has 0 aliphatic rings. The Morgan fingerprint density at radius 3 is 1.76 bits per heavy atom. The van der Waals surface area contributed by atoms with Crippen LogP contribution in [0, 0.1) is 6.92 Å². The molecule has 2 nitrogen and oxygen atoms in total. The summed E-state index contributed by atoms with van der Waals surface area (Å²) in [4.78, 5) is 9.78. The van der Waals surface area contributed by atoms with Gasteiger partial charge in [-0.1, -0.05) is 109 Å². The van der Waals surface area contributed by atoms with E-state index in [4.69, 9.17) is 9.97 Å². The van der Waals surface area contributed by atoms with Gasteiger partial charge in [0.05, 0.1) is 11.2 Å². The third kappa shape index (κ3) is 3.37. The summed E-state index contributed by atoms with van der Waals surface area (Å²) in [5.41, 5.74) is 7.91. The highest BCUT2D eigenvalue weighted by atomic mass is 14.9. The van der Waals surface area contributed by atoms with E-state index in [1.807, 2.05) is 13.0 Å². The number of benzene rings is 5. The van der Waals surface area contributed by atoms with E-state index in [-0.39, 0.29) is 0 Å². The smallest absolute Gasteiger partial charge is 0.126 e. The Bertz CT molecular complexity index is 1600. The van der Waals surface area contributed by atoms with Crippen molar-refractivity contribution in [2.75, 3.05) is 0 Å². The molecule has 0 saturated heterocycles. The molecule has 1 heterocycles. The van der Waals surface area contributed by atoms with Gasteiger partial charge in [-0.2, -0.15) is 0 Å². The second-order valence-electron chi connectivity index (χ2n) is 8.26. The highest BCUT2D eigenvalue weighted by molar-refractivity contribution is 6.15. The minimum absolute atomic E-state index is 0.781. The van der Waals surface area contributed by atoms with Crippen molar-refractivity contribution >= 4 is 21.7 Å². The zero-order valence-corrected chi connectivity index (χ0v) is 18.4. The maximum atomic E-state index is 4.89. The fraction of sp³-hybridized carbons (Fsp3) is 0.0323. The van der Waals surface area contributed by atoms with Gasteiger partial charge in [0.1, 0.15) is 5.82 Å². The lowest BCUT2D eigenvalue weighted by atomic mass is 9.89. The molecule has 5 aromatic carbocycles. The van der Waals surface area contributed by atoms with Gasteiger partial charge in [0.2, 0.25) is 0 Å². The fourth-order valence-corrected chi connectivity index (χ4v) is 4.70. The topological polar surface area (TPSA) is 25.8 Å². The lowest BCUT2D eigenvalue weighted by Crippen LogP contribution is -1.96. The summed E-state index contributed by atoms with van der Waals surface area (Å²) >= 11 is 0. The van der Waals surface area contributed by atoms with E-state index in [1.165, 1.54) is 27.6 Å². The van der Waals surface area contributed by atoms with E-state index < -0.39 is 0 Å². The van der Waals surface area contributed by atoms with E-state index in [0.29, 0.717) is 0 Å². The Balaban J connectivity index is 1.74. The Hall–Kier alpha value is -4.30. The second kappa shape index (κ2) is 7.99. The molecule has 156 valence electrons. The third-order valence-corrected chi connectivity index (χ3v) is 6.17. The van der Waals surface area contributed by atoms with Crippen molar-refractivity contribution in [3.63, 3.8) is 0 Å². The largest absolute Gasteiger partial charge is 0.233 e. The molecule has 0 atom stereocenters. The molecule has 6 aromatic rings. The third-order valence-electron chi connectivity index (χ3n) is 6.17. The normalized spacial score (nSPS) is 11.2. The molecule has 0 bridgehead atoms. The van der Waals surface area contributed by atoms with Crippen molar-refractivity contribution in [3.05, 3.63) is 121 Å². The minimum Gasteiger partial charge on any atom is -0.233 e. The zero-order chi connectivity index (χ0) is 22.2. The first-order valence-electron chi connectivity index (χ1n) is 11.2. The van der Waals surface area contributed by atoms with Crippen molar-refractivity contribution in [2.45, 2.75) is 6.92 Å². The van der Waals surface area contributed by atoms with E-state index in [0.717, 1.165) is 33.4 Å². The van der Waals surface area contributed by atoms with Crippen molar-refractivity contribution in [3.8, 4) is 33.5 Å². The molecule has 2 heteroatoms. The van der Waals surface area contributed by atoms with Crippen LogP contribution in [0.25, 0.3) is 55.2 Å². The first kappa shape index (κ1) is 19.4. The molecule has 33 heavy (non-hydrogen) atoms. The summed E-state index contributed by atoms with van der Waals surface area (Å²) in [6.07, 6.45) is 0. The van der Waals surface area contributed by atoms with Crippen molar-refractivity contribution in [1.29, 1.82) is 0 Å². The number of rotatable bonds is 3. The predicted octanol–water partition coefficient (Wildman–Crippen LogP) is 8.09. The van der Waals surface area contributed by atoms with Crippen LogP contribution >= 0.6 is 0 Å². The number of aryl methyl sites for hydroxylation is 1. The molecule has 0 unspecified atom stereocenters. The fourth-order valence-electron chi connectivity index (χ4n) is 4.70. The van der Waals surface area contributed by atoms with Crippen molar-refractivity contribution in [1.82, 2.24) is 9.97 Å². The summed E-state index contributed by atoms with van der Waals surface area (Å²) in [5.74, 6) is 0.781. The van der Waals surface area contributed by atoms with Crippen LogP contribution in [0.2, 0.25) is 0 Å². The van der Waals surface area contributed by atoms with Crippen molar-refractivity contribution < 1.29 is 0 Å². The molecular formula is C31H22N2. The first-order chi connectivity index (χ1) is 16.3. The van der Waals surface area contributed by atoms with Crippen LogP contribution in [0.3, 0.4) is 0 Å². The number of aromatic nitrogens is 2. The molecule has 1 aromatic heterocycles. The summed E-state index contributed by atoms with van der Waals surface area (Å²) in [6.45, 7) is 1.97. The molecule has 0 spiro atoms. The molecule has 6 rings (SSSR count). The van der Waals surface area contributed by atoms with Gasteiger partial charge in [0, 0.05) is 16.3 Å². The van der Waals surface area contributed by atoms with Gasteiger partial charge in [0.25, 0.3) is 0 Å². The average molecular weight is 423 g/mol. The van der Waals surface area contributed by atoms with Crippen LogP contribution in [0.15, 0.2) is 115 Å². The Morgan fingerprint density at radius 1 is 0.455 bits per heavy atom. The highest BCUT2D eigenvalue weighted by Crippen LogP contribution is 2.40. The van der Waals surface area contributed by atoms with E-state index in [9.17, 15) is 0 Å². The monoisotopic (exact) mass is 422 g/mol. The van der Waals surface area contributed by atoms with E-state index in [2.05, 4.69) is 109 Å². The van der Waals surface area contributed by atoms with Gasteiger partial charge >= 0.3 is 0 Å². The lowest BCUT2D eigenvalue weighted by molar-refractivity contribution is 1.10. The Morgan fingerprint density at radius 2 is 1.03 bits per heavy atom. The van der Waals surface area contributed by atoms with E-state index >= 15 is 0 Å². The quantitative estimate of drug-likeness (QED) is 0.269. The van der Waals surface area contributed by atoms with Gasteiger partial charge in [-0.3, -0.25) is 0 Å². The molecule has 0 N–H and O–H groups in total. The summed E-state index contributed by atoms with van der Waals surface area (Å²) in [5, 5.41) is 3.42. The molecule has 0 fully saturated rings. The van der Waals surface area contributed by atoms with Gasteiger partial charge in [-0.25, -0.2) is 9.97 Å². The number of hydrogen-bond donors (Lipinski definition) is 0. The van der Waals surface area contributed by atoms with Crippen molar-refractivity contribution in [2.24, 2.45) is 0 Å². The molecule has 0 aliphatic carbocycles. The van der Waals surface area contributed by atoms with Gasteiger partial charge in [-0.15, -0.1) is 0 Å². The number of nitrogens with zero attached hydrogens (tertiary/aromatic N) is 2. The van der Waals surface area contributed by atoms with Crippen LogP contribution in [-0.2, 0) is 0 Å². The van der Waals surface area contributed by atoms with Crippen LogP contribution in [-0.4, -0.2) is 9.97 Å². The standard InChI is InChI=1S/C31H22N2/c1-21-32-30(23-14-6-3-7-15-23)29-20-28(26-18-10-11-19-27(26)31(29)33-21)25-17-9-8-16-24(25)22-12-4-2-5-13-22/h2-20H,1H3. The number of fused-ring (bicyclic) bond motifs is 3. The molecule has 0 saturated carbocycles. The predicted molar refractivity (Wildman–Crippen MR) is 138 cm³/mol. The summed E-state index contributed by atoms with van der Waals surface area (Å²) < 4.78 is 0. The van der Waals surface area contributed by atoms with Crippen LogP contribution in [0.4, 0.5) is 0 Å². The average Bonchev–Trinajstić information content (AvgIpc) is 2.89. The molecular weight excluding hydrogens is 400 g/mol. The van der Waals surface area contributed by atoms with Gasteiger partial charge < -0.3 is 0 Å². The summed E-state index contributed by atoms with van der Waals surface area (Å²) in [7, 11) is 0. The Kier molecular flexibility index (Phi) is 4.70. The minimum atomic E-state index is 0.781. The SMILES string of the molecule is Cc1nc(-c2ccccc2)c2cc(-c3ccccc3-c3ccccc3)c3ccccc3c2n1. The number of hydrogen-bond acceptors (Lipinski definition) is 2. The molecule has 0 amide bonds. The maximum Gasteiger partial charge on any atom is 0.126 e. The van der Waals surface area contributed by atoms with Crippen LogP contribution < -0.4 is 0 Å². The van der Waals surface area contributed by atoms with E-state index in [1.54, 1.807) is 0 Å². The summed E-state index contributed by atoms with van der Waals surface area (Å²) in [6, 6.07) is 40.5. The molecule has 0 radical (unpaired) electrons. The zero-order valence-electron chi connectivity index (χ0n) is 18.4. The molecule has 0 aliphatic heterocycles. The second-order valence-corrected chi connectivity index (χ2v) is 8.26. The van der Waals surface area contributed by atoms with Crippen LogP contribution in [0.1, 0.15) is 5.82 Å². The maximum absolute atomic E-state index is 4.89. The van der Waals surface area contributed by atoms with Gasteiger partial charge in [0.15, 0.2) is 0 Å². The first-order valence-corrected chi connectivity index (χ1v) is 11.2. The van der Waals surface area contributed by atoms with Crippen LogP contribution in [0.5, 0.6) is 0 Å². The Labute approximate surface area is 193 Å².